The summed E-state index contributed by atoms with van der Waals surface area (Å²) < 4.78 is 49.8. The average Bonchev–Trinajstić information content (AvgIpc) is 3.43. The fourth-order valence-corrected chi connectivity index (χ4v) is 3.64. The summed E-state index contributed by atoms with van der Waals surface area (Å²) in [6.45, 7) is 11.8. The molecule has 0 aliphatic carbocycles. The first-order valence-corrected chi connectivity index (χ1v) is 10.8. The van der Waals surface area contributed by atoms with E-state index in [0.717, 1.165) is 38.3 Å². The molecule has 1 aliphatic rings. The van der Waals surface area contributed by atoms with Crippen molar-refractivity contribution in [2.45, 2.75) is 51.9 Å². The summed E-state index contributed by atoms with van der Waals surface area (Å²) in [6, 6.07) is 4.77. The standard InChI is InChI=1S/C22H27F3N6O2/c1-14(19-27-18(28-33-19)15-6-5-7-16(12-15)22(23,24)25)31-10-8-30(9-11-31)13-17-26-20(29-32-17)21(2,3)4/h5-7,12,14H,8-11,13H2,1-4H3/t14-/m0/s1. The van der Waals surface area contributed by atoms with Gasteiger partial charge in [0.2, 0.25) is 17.6 Å². The summed E-state index contributed by atoms with van der Waals surface area (Å²) in [5.74, 6) is 1.82. The average molecular weight is 464 g/mol. The van der Waals surface area contributed by atoms with Gasteiger partial charge >= 0.3 is 6.18 Å². The molecular weight excluding hydrogens is 437 g/mol. The zero-order valence-electron chi connectivity index (χ0n) is 19.1. The highest BCUT2D eigenvalue weighted by molar-refractivity contribution is 5.55. The number of rotatable bonds is 5. The van der Waals surface area contributed by atoms with E-state index >= 15 is 0 Å². The van der Waals surface area contributed by atoms with Crippen molar-refractivity contribution in [1.82, 2.24) is 30.1 Å². The van der Waals surface area contributed by atoms with Crippen LogP contribution in [0.15, 0.2) is 33.3 Å². The molecule has 3 aromatic rings. The van der Waals surface area contributed by atoms with Crippen LogP contribution in [0.2, 0.25) is 0 Å². The van der Waals surface area contributed by atoms with Crippen molar-refractivity contribution in [3.8, 4) is 11.4 Å². The molecule has 4 rings (SSSR count). The third kappa shape index (κ3) is 5.41. The normalized spacial score (nSPS) is 17.4. The number of aromatic nitrogens is 4. The number of halogens is 3. The molecule has 0 amide bonds. The summed E-state index contributed by atoms with van der Waals surface area (Å²) in [6.07, 6.45) is -4.43. The van der Waals surface area contributed by atoms with Crippen LogP contribution >= 0.6 is 0 Å². The van der Waals surface area contributed by atoms with E-state index in [4.69, 9.17) is 9.05 Å². The highest BCUT2D eigenvalue weighted by Crippen LogP contribution is 2.32. The SMILES string of the molecule is C[C@@H](c1nc(-c2cccc(C(F)(F)F)c2)no1)N1CCN(Cc2nc(C(C)(C)C)no2)CC1. The van der Waals surface area contributed by atoms with Crippen LogP contribution in [0.3, 0.4) is 0 Å². The molecule has 2 aromatic heterocycles. The van der Waals surface area contributed by atoms with Gasteiger partial charge in [-0.1, -0.05) is 43.2 Å². The van der Waals surface area contributed by atoms with E-state index in [0.29, 0.717) is 24.2 Å². The molecule has 1 atom stereocenters. The van der Waals surface area contributed by atoms with Crippen molar-refractivity contribution in [3.63, 3.8) is 0 Å². The van der Waals surface area contributed by atoms with E-state index < -0.39 is 11.7 Å². The molecule has 178 valence electrons. The Kier molecular flexibility index (Phi) is 6.28. The van der Waals surface area contributed by atoms with Crippen LogP contribution < -0.4 is 0 Å². The second-order valence-corrected chi connectivity index (χ2v) is 9.28. The fraction of sp³-hybridized carbons (Fsp3) is 0.545. The lowest BCUT2D eigenvalue weighted by atomic mass is 9.96. The maximum absolute atomic E-state index is 13.0. The number of nitrogens with zero attached hydrogens (tertiary/aromatic N) is 6. The molecule has 1 aliphatic heterocycles. The summed E-state index contributed by atoms with van der Waals surface area (Å²) in [4.78, 5) is 13.3. The predicted molar refractivity (Wildman–Crippen MR) is 113 cm³/mol. The molecule has 8 nitrogen and oxygen atoms in total. The van der Waals surface area contributed by atoms with Gasteiger partial charge in [-0.05, 0) is 19.1 Å². The molecule has 3 heterocycles. The fourth-order valence-electron chi connectivity index (χ4n) is 3.64. The first-order valence-electron chi connectivity index (χ1n) is 10.8. The van der Waals surface area contributed by atoms with Crippen molar-refractivity contribution in [1.29, 1.82) is 0 Å². The number of hydrogen-bond donors (Lipinski definition) is 0. The molecule has 1 fully saturated rings. The number of hydrogen-bond acceptors (Lipinski definition) is 8. The maximum Gasteiger partial charge on any atom is 0.416 e. The van der Waals surface area contributed by atoms with Crippen LogP contribution in [0, 0.1) is 0 Å². The van der Waals surface area contributed by atoms with E-state index in [1.807, 2.05) is 27.7 Å². The van der Waals surface area contributed by atoms with Gasteiger partial charge in [0.05, 0.1) is 18.2 Å². The Labute approximate surface area is 189 Å². The van der Waals surface area contributed by atoms with Crippen molar-refractivity contribution < 1.29 is 22.2 Å². The molecule has 0 bridgehead atoms. The van der Waals surface area contributed by atoms with Gasteiger partial charge in [-0.25, -0.2) is 0 Å². The third-order valence-electron chi connectivity index (χ3n) is 5.70. The Morgan fingerprint density at radius 2 is 1.73 bits per heavy atom. The van der Waals surface area contributed by atoms with Gasteiger partial charge in [-0.3, -0.25) is 9.80 Å². The lowest BCUT2D eigenvalue weighted by Crippen LogP contribution is -2.46. The van der Waals surface area contributed by atoms with Crippen LogP contribution in [0.4, 0.5) is 13.2 Å². The van der Waals surface area contributed by atoms with Crippen LogP contribution in [0.25, 0.3) is 11.4 Å². The predicted octanol–water partition coefficient (Wildman–Crippen LogP) is 4.31. The van der Waals surface area contributed by atoms with E-state index in [1.54, 1.807) is 0 Å². The van der Waals surface area contributed by atoms with E-state index in [9.17, 15) is 13.2 Å². The summed E-state index contributed by atoms with van der Waals surface area (Å²) in [5.41, 5.74) is -0.634. The maximum atomic E-state index is 13.0. The molecule has 0 saturated carbocycles. The Bertz CT molecular complexity index is 1080. The van der Waals surface area contributed by atoms with Crippen LogP contribution in [-0.2, 0) is 18.1 Å². The minimum atomic E-state index is -4.43. The van der Waals surface area contributed by atoms with Crippen molar-refractivity contribution >= 4 is 0 Å². The van der Waals surface area contributed by atoms with Crippen molar-refractivity contribution in [2.24, 2.45) is 0 Å². The third-order valence-corrected chi connectivity index (χ3v) is 5.70. The first kappa shape index (κ1) is 23.4. The van der Waals surface area contributed by atoms with Crippen LogP contribution in [0.1, 0.15) is 56.9 Å². The first-order chi connectivity index (χ1) is 15.5. The van der Waals surface area contributed by atoms with Crippen LogP contribution in [-0.4, -0.2) is 56.3 Å². The number of piperazine rings is 1. The number of benzene rings is 1. The molecule has 0 radical (unpaired) electrons. The number of alkyl halides is 3. The minimum absolute atomic E-state index is 0.146. The molecule has 0 spiro atoms. The zero-order valence-corrected chi connectivity index (χ0v) is 19.1. The molecule has 0 N–H and O–H groups in total. The van der Waals surface area contributed by atoms with Crippen molar-refractivity contribution in [3.05, 3.63) is 47.4 Å². The van der Waals surface area contributed by atoms with Gasteiger partial charge in [-0.15, -0.1) is 0 Å². The second kappa shape index (κ2) is 8.86. The largest absolute Gasteiger partial charge is 0.416 e. The topological polar surface area (TPSA) is 84.3 Å². The van der Waals surface area contributed by atoms with Gasteiger partial charge in [-0.2, -0.15) is 23.1 Å². The molecule has 33 heavy (non-hydrogen) atoms. The van der Waals surface area contributed by atoms with Crippen molar-refractivity contribution in [2.75, 3.05) is 26.2 Å². The molecule has 1 saturated heterocycles. The molecule has 1 aromatic carbocycles. The van der Waals surface area contributed by atoms with Gasteiger partial charge in [0.1, 0.15) is 0 Å². The van der Waals surface area contributed by atoms with Gasteiger partial charge in [0.25, 0.3) is 0 Å². The van der Waals surface area contributed by atoms with E-state index in [-0.39, 0.29) is 22.8 Å². The second-order valence-electron chi connectivity index (χ2n) is 9.28. The Morgan fingerprint density at radius 3 is 2.36 bits per heavy atom. The highest BCUT2D eigenvalue weighted by atomic mass is 19.4. The van der Waals surface area contributed by atoms with E-state index in [1.165, 1.54) is 12.1 Å². The summed E-state index contributed by atoms with van der Waals surface area (Å²) >= 11 is 0. The monoisotopic (exact) mass is 464 g/mol. The lowest BCUT2D eigenvalue weighted by molar-refractivity contribution is -0.137. The molecule has 11 heteroatoms. The Morgan fingerprint density at radius 1 is 1.00 bits per heavy atom. The minimum Gasteiger partial charge on any atom is -0.338 e. The Balaban J connectivity index is 1.35. The van der Waals surface area contributed by atoms with Gasteiger partial charge in [0.15, 0.2) is 5.82 Å². The zero-order chi connectivity index (χ0) is 23.8. The summed E-state index contributed by atoms with van der Waals surface area (Å²) in [7, 11) is 0. The smallest absolute Gasteiger partial charge is 0.338 e. The molecular formula is C22H27F3N6O2. The van der Waals surface area contributed by atoms with E-state index in [2.05, 4.69) is 30.1 Å². The van der Waals surface area contributed by atoms with Crippen LogP contribution in [0.5, 0.6) is 0 Å². The Hall–Kier alpha value is -2.79. The van der Waals surface area contributed by atoms with Gasteiger partial charge < -0.3 is 9.05 Å². The highest BCUT2D eigenvalue weighted by Gasteiger charge is 2.31. The lowest BCUT2D eigenvalue weighted by Gasteiger charge is -2.36. The summed E-state index contributed by atoms with van der Waals surface area (Å²) in [5, 5.41) is 7.97. The molecule has 0 unspecified atom stereocenters. The van der Waals surface area contributed by atoms with Gasteiger partial charge in [0, 0.05) is 37.2 Å². The quantitative estimate of drug-likeness (QED) is 0.552.